The maximum absolute atomic E-state index is 10.7. The molecule has 0 aliphatic heterocycles. The number of carboxylic acids is 1. The van der Waals surface area contributed by atoms with Crippen molar-refractivity contribution in [2.45, 2.75) is 65.0 Å². The summed E-state index contributed by atoms with van der Waals surface area (Å²) in [4.78, 5) is 10.7. The third-order valence-electron chi connectivity index (χ3n) is 3.55. The second kappa shape index (κ2) is 6.24. The van der Waals surface area contributed by atoms with Crippen molar-refractivity contribution in [1.29, 1.82) is 0 Å². The van der Waals surface area contributed by atoms with Crippen molar-refractivity contribution in [3.8, 4) is 0 Å². The number of aliphatic carboxylic acids is 1. The van der Waals surface area contributed by atoms with Crippen LogP contribution in [0.15, 0.2) is 0 Å². The smallest absolute Gasteiger partial charge is 0.320 e. The molecule has 0 radical (unpaired) electrons. The third kappa shape index (κ3) is 4.52. The maximum Gasteiger partial charge on any atom is 0.320 e. The Bertz CT molecular complexity index is 228. The van der Waals surface area contributed by atoms with Gasteiger partial charge in [-0.1, -0.05) is 26.7 Å². The topological polar surface area (TPSA) is 49.3 Å². The standard InChI is InChI=1S/C13H25NO2/c1-9(2)4-5-11-6-7-12(8-11)14-10(3)13(15)16/h9-12,14H,4-8H2,1-3H3,(H,15,16). The first kappa shape index (κ1) is 13.5. The molecule has 3 heteroatoms. The lowest BCUT2D eigenvalue weighted by Crippen LogP contribution is -2.40. The molecule has 0 aromatic rings. The van der Waals surface area contributed by atoms with E-state index in [1.807, 2.05) is 0 Å². The average Bonchev–Trinajstić information content (AvgIpc) is 2.62. The molecule has 0 spiro atoms. The Labute approximate surface area is 98.6 Å². The number of carbonyl (C=O) groups is 1. The Balaban J connectivity index is 2.22. The fraction of sp³-hybridized carbons (Fsp3) is 0.923. The van der Waals surface area contributed by atoms with E-state index < -0.39 is 12.0 Å². The van der Waals surface area contributed by atoms with E-state index in [1.54, 1.807) is 6.92 Å². The Hall–Kier alpha value is -0.570. The van der Waals surface area contributed by atoms with E-state index in [4.69, 9.17) is 5.11 Å². The zero-order valence-electron chi connectivity index (χ0n) is 10.7. The van der Waals surface area contributed by atoms with Crippen molar-refractivity contribution < 1.29 is 9.90 Å². The van der Waals surface area contributed by atoms with Crippen LogP contribution < -0.4 is 5.32 Å². The lowest BCUT2D eigenvalue weighted by atomic mass is 9.96. The molecule has 3 nitrogen and oxygen atoms in total. The zero-order valence-corrected chi connectivity index (χ0v) is 10.7. The predicted molar refractivity (Wildman–Crippen MR) is 65.4 cm³/mol. The summed E-state index contributed by atoms with van der Waals surface area (Å²) in [6.45, 7) is 6.25. The Morgan fingerprint density at radius 1 is 1.38 bits per heavy atom. The summed E-state index contributed by atoms with van der Waals surface area (Å²) in [5, 5.41) is 12.0. The molecule has 0 aromatic heterocycles. The molecular weight excluding hydrogens is 202 g/mol. The van der Waals surface area contributed by atoms with E-state index in [9.17, 15) is 4.79 Å². The van der Waals surface area contributed by atoms with Crippen molar-refractivity contribution in [2.75, 3.05) is 0 Å². The van der Waals surface area contributed by atoms with Gasteiger partial charge >= 0.3 is 5.97 Å². The molecular formula is C13H25NO2. The maximum atomic E-state index is 10.7. The van der Waals surface area contributed by atoms with E-state index in [2.05, 4.69) is 19.2 Å². The lowest BCUT2D eigenvalue weighted by molar-refractivity contribution is -0.139. The Morgan fingerprint density at radius 3 is 2.62 bits per heavy atom. The molecule has 0 saturated heterocycles. The highest BCUT2D eigenvalue weighted by atomic mass is 16.4. The van der Waals surface area contributed by atoms with Crippen molar-refractivity contribution >= 4 is 5.97 Å². The largest absolute Gasteiger partial charge is 0.480 e. The first-order chi connectivity index (χ1) is 7.49. The van der Waals surface area contributed by atoms with Crippen molar-refractivity contribution in [3.63, 3.8) is 0 Å². The van der Waals surface area contributed by atoms with Gasteiger partial charge < -0.3 is 10.4 Å². The molecule has 0 bridgehead atoms. The van der Waals surface area contributed by atoms with Gasteiger partial charge in [0.05, 0.1) is 0 Å². The van der Waals surface area contributed by atoms with Gasteiger partial charge in [0.1, 0.15) is 6.04 Å². The Morgan fingerprint density at radius 2 is 2.06 bits per heavy atom. The Kier molecular flexibility index (Phi) is 5.26. The average molecular weight is 227 g/mol. The van der Waals surface area contributed by atoms with Gasteiger partial charge in [-0.25, -0.2) is 0 Å². The van der Waals surface area contributed by atoms with Gasteiger partial charge in [-0.05, 0) is 38.0 Å². The van der Waals surface area contributed by atoms with Crippen LogP contribution in [-0.4, -0.2) is 23.2 Å². The molecule has 1 aliphatic carbocycles. The summed E-state index contributed by atoms with van der Waals surface area (Å²) in [5.41, 5.74) is 0. The minimum absolute atomic E-state index is 0.408. The van der Waals surface area contributed by atoms with Crippen LogP contribution >= 0.6 is 0 Å². The molecule has 2 N–H and O–H groups in total. The van der Waals surface area contributed by atoms with Gasteiger partial charge in [0.25, 0.3) is 0 Å². The summed E-state index contributed by atoms with van der Waals surface area (Å²) in [7, 11) is 0. The van der Waals surface area contributed by atoms with Crippen molar-refractivity contribution in [3.05, 3.63) is 0 Å². The first-order valence-corrected chi connectivity index (χ1v) is 6.48. The first-order valence-electron chi connectivity index (χ1n) is 6.48. The van der Waals surface area contributed by atoms with Gasteiger partial charge in [-0.15, -0.1) is 0 Å². The molecule has 1 rings (SSSR count). The van der Waals surface area contributed by atoms with Crippen molar-refractivity contribution in [1.82, 2.24) is 5.32 Å². The van der Waals surface area contributed by atoms with Crippen LogP contribution in [0.5, 0.6) is 0 Å². The van der Waals surface area contributed by atoms with E-state index >= 15 is 0 Å². The summed E-state index contributed by atoms with van der Waals surface area (Å²) in [5.74, 6) is 0.844. The molecule has 3 atom stereocenters. The summed E-state index contributed by atoms with van der Waals surface area (Å²) in [6, 6.07) is 0.0112. The highest BCUT2D eigenvalue weighted by Gasteiger charge is 2.26. The summed E-state index contributed by atoms with van der Waals surface area (Å²) >= 11 is 0. The molecule has 94 valence electrons. The van der Waals surface area contributed by atoms with E-state index in [1.165, 1.54) is 19.3 Å². The van der Waals surface area contributed by atoms with Crippen LogP contribution in [0.1, 0.15) is 52.9 Å². The number of rotatable bonds is 6. The van der Waals surface area contributed by atoms with Crippen LogP contribution in [0.2, 0.25) is 0 Å². The van der Waals surface area contributed by atoms with Crippen LogP contribution in [-0.2, 0) is 4.79 Å². The highest BCUT2D eigenvalue weighted by molar-refractivity contribution is 5.72. The fourth-order valence-electron chi connectivity index (χ4n) is 2.48. The number of carboxylic acid groups (broad SMARTS) is 1. The minimum atomic E-state index is -0.745. The van der Waals surface area contributed by atoms with Crippen LogP contribution in [0.25, 0.3) is 0 Å². The van der Waals surface area contributed by atoms with Gasteiger partial charge in [0.2, 0.25) is 0 Å². The fourth-order valence-corrected chi connectivity index (χ4v) is 2.48. The predicted octanol–water partition coefficient (Wildman–Crippen LogP) is 2.65. The van der Waals surface area contributed by atoms with Gasteiger partial charge in [-0.2, -0.15) is 0 Å². The van der Waals surface area contributed by atoms with Crippen LogP contribution in [0.4, 0.5) is 0 Å². The minimum Gasteiger partial charge on any atom is -0.480 e. The molecule has 0 amide bonds. The molecule has 0 heterocycles. The quantitative estimate of drug-likeness (QED) is 0.733. The normalized spacial score (nSPS) is 27.2. The lowest BCUT2D eigenvalue weighted by Gasteiger charge is -2.16. The second-order valence-corrected chi connectivity index (χ2v) is 5.57. The van der Waals surface area contributed by atoms with E-state index in [0.29, 0.717) is 6.04 Å². The molecule has 1 fully saturated rings. The monoisotopic (exact) mass is 227 g/mol. The number of hydrogen-bond donors (Lipinski definition) is 2. The SMILES string of the molecule is CC(C)CCC1CCC(NC(C)C(=O)O)C1. The van der Waals surface area contributed by atoms with Gasteiger partial charge in [0, 0.05) is 6.04 Å². The zero-order chi connectivity index (χ0) is 12.1. The van der Waals surface area contributed by atoms with Crippen molar-refractivity contribution in [2.24, 2.45) is 11.8 Å². The molecule has 16 heavy (non-hydrogen) atoms. The third-order valence-corrected chi connectivity index (χ3v) is 3.55. The molecule has 3 unspecified atom stereocenters. The van der Waals surface area contributed by atoms with Crippen LogP contribution in [0, 0.1) is 11.8 Å². The molecule has 1 aliphatic rings. The summed E-state index contributed by atoms with van der Waals surface area (Å²) in [6.07, 6.45) is 6.16. The second-order valence-electron chi connectivity index (χ2n) is 5.57. The molecule has 0 aromatic carbocycles. The highest BCUT2D eigenvalue weighted by Crippen LogP contribution is 2.30. The van der Waals surface area contributed by atoms with Crippen LogP contribution in [0.3, 0.4) is 0 Å². The van der Waals surface area contributed by atoms with E-state index in [0.717, 1.165) is 24.7 Å². The number of hydrogen-bond acceptors (Lipinski definition) is 2. The number of nitrogens with one attached hydrogen (secondary N) is 1. The van der Waals surface area contributed by atoms with E-state index in [-0.39, 0.29) is 0 Å². The molecule has 1 saturated carbocycles. The van der Waals surface area contributed by atoms with Gasteiger partial charge in [-0.3, -0.25) is 4.79 Å². The van der Waals surface area contributed by atoms with Gasteiger partial charge in [0.15, 0.2) is 0 Å². The summed E-state index contributed by atoms with van der Waals surface area (Å²) < 4.78 is 0.